The molecule has 0 bridgehead atoms. The molecule has 0 N–H and O–H groups in total. The molecular weight excluding hydrogens is 276 g/mol. The van der Waals surface area contributed by atoms with Gasteiger partial charge in [0.15, 0.2) is 0 Å². The van der Waals surface area contributed by atoms with Crippen molar-refractivity contribution in [3.05, 3.63) is 101 Å². The molecule has 0 unspecified atom stereocenters. The van der Waals surface area contributed by atoms with Crippen molar-refractivity contribution in [3.8, 4) is 11.1 Å². The van der Waals surface area contributed by atoms with Gasteiger partial charge in [0.25, 0.3) is 0 Å². The van der Waals surface area contributed by atoms with Gasteiger partial charge < -0.3 is 0 Å². The highest BCUT2D eigenvalue weighted by molar-refractivity contribution is 5.86. The van der Waals surface area contributed by atoms with Crippen molar-refractivity contribution < 1.29 is 0 Å². The van der Waals surface area contributed by atoms with Gasteiger partial charge in [-0.05, 0) is 52.3 Å². The molecule has 2 aliphatic rings. The second-order valence-corrected chi connectivity index (χ2v) is 6.72. The summed E-state index contributed by atoms with van der Waals surface area (Å²) in [6.45, 7) is 2.25. The lowest BCUT2D eigenvalue weighted by atomic mass is 9.68. The van der Waals surface area contributed by atoms with Crippen LogP contribution < -0.4 is 0 Å². The van der Waals surface area contributed by atoms with Crippen LogP contribution in [0.4, 0.5) is 0 Å². The van der Waals surface area contributed by atoms with Gasteiger partial charge in [-0.25, -0.2) is 0 Å². The lowest BCUT2D eigenvalue weighted by molar-refractivity contribution is 0.647. The molecule has 0 heterocycles. The van der Waals surface area contributed by atoms with E-state index in [9.17, 15) is 0 Å². The van der Waals surface area contributed by atoms with E-state index in [2.05, 4.69) is 85.8 Å². The number of benzene rings is 3. The van der Waals surface area contributed by atoms with E-state index in [1.165, 1.54) is 39.0 Å². The van der Waals surface area contributed by atoms with Crippen LogP contribution in [0.5, 0.6) is 0 Å². The molecule has 0 nitrogen and oxygen atoms in total. The molecule has 0 saturated heterocycles. The van der Waals surface area contributed by atoms with Gasteiger partial charge in [0.1, 0.15) is 0 Å². The highest BCUT2D eigenvalue weighted by Gasteiger charge is 2.43. The highest BCUT2D eigenvalue weighted by atomic mass is 14.5. The van der Waals surface area contributed by atoms with Crippen molar-refractivity contribution in [2.45, 2.75) is 18.8 Å². The van der Waals surface area contributed by atoms with Crippen LogP contribution in [0.15, 0.2) is 78.9 Å². The smallest absolute Gasteiger partial charge is 0.0440 e. The van der Waals surface area contributed by atoms with E-state index in [1.54, 1.807) is 0 Å². The summed E-state index contributed by atoms with van der Waals surface area (Å²) in [6, 6.07) is 26.7. The second-order valence-electron chi connectivity index (χ2n) is 6.72. The molecule has 0 aliphatic heterocycles. The first-order valence-electron chi connectivity index (χ1n) is 8.27. The first-order chi connectivity index (χ1) is 11.3. The van der Waals surface area contributed by atoms with Gasteiger partial charge >= 0.3 is 0 Å². The fraction of sp³-hybridized carbons (Fsp3) is 0.130. The van der Waals surface area contributed by atoms with Crippen molar-refractivity contribution in [3.63, 3.8) is 0 Å². The third kappa shape index (κ3) is 1.61. The van der Waals surface area contributed by atoms with Crippen LogP contribution in [0.25, 0.3) is 16.7 Å². The van der Waals surface area contributed by atoms with Crippen molar-refractivity contribution in [2.75, 3.05) is 0 Å². The zero-order valence-corrected chi connectivity index (χ0v) is 13.2. The summed E-state index contributed by atoms with van der Waals surface area (Å²) < 4.78 is 0. The van der Waals surface area contributed by atoms with Crippen LogP contribution in [-0.2, 0) is 11.8 Å². The molecule has 2 aliphatic carbocycles. The normalized spacial score (nSPS) is 16.5. The number of allylic oxidation sites excluding steroid dienone is 2. The Hall–Kier alpha value is -2.60. The molecule has 0 heteroatoms. The first-order valence-corrected chi connectivity index (χ1v) is 8.27. The van der Waals surface area contributed by atoms with E-state index in [1.807, 2.05) is 0 Å². The quantitative estimate of drug-likeness (QED) is 0.505. The first kappa shape index (κ1) is 12.9. The Bertz CT molecular complexity index is 914. The van der Waals surface area contributed by atoms with Crippen molar-refractivity contribution in [1.29, 1.82) is 0 Å². The number of rotatable bonds is 0. The molecule has 0 saturated carbocycles. The summed E-state index contributed by atoms with van der Waals surface area (Å²) in [5.41, 5.74) is 9.94. The van der Waals surface area contributed by atoms with Gasteiger partial charge in [0, 0.05) is 5.41 Å². The third-order valence-corrected chi connectivity index (χ3v) is 5.48. The number of hydrogen-bond donors (Lipinski definition) is 0. The topological polar surface area (TPSA) is 0 Å². The molecule has 3 aromatic carbocycles. The summed E-state index contributed by atoms with van der Waals surface area (Å²) in [6.07, 6.45) is 3.55. The Morgan fingerprint density at radius 2 is 1.17 bits per heavy atom. The van der Waals surface area contributed by atoms with E-state index >= 15 is 0 Å². The predicted octanol–water partition coefficient (Wildman–Crippen LogP) is 5.61. The Morgan fingerprint density at radius 1 is 0.652 bits per heavy atom. The largest absolute Gasteiger partial charge is 0.0657 e. The van der Waals surface area contributed by atoms with Gasteiger partial charge in [0.05, 0.1) is 0 Å². The number of fused-ring (bicyclic) bond motifs is 6. The highest BCUT2D eigenvalue weighted by Crippen LogP contribution is 2.54. The van der Waals surface area contributed by atoms with Crippen LogP contribution in [0.3, 0.4) is 0 Å². The molecule has 1 spiro atoms. The Labute approximate surface area is 137 Å². The molecular formula is C23H18. The third-order valence-electron chi connectivity index (χ3n) is 5.48. The van der Waals surface area contributed by atoms with E-state index in [0.717, 1.165) is 6.42 Å². The zero-order chi connectivity index (χ0) is 15.4. The van der Waals surface area contributed by atoms with Gasteiger partial charge in [-0.1, -0.05) is 78.9 Å². The minimum absolute atomic E-state index is 0.00831. The zero-order valence-electron chi connectivity index (χ0n) is 13.2. The molecule has 110 valence electrons. The van der Waals surface area contributed by atoms with Crippen molar-refractivity contribution >= 4 is 5.57 Å². The molecule has 0 amide bonds. The predicted molar refractivity (Wildman–Crippen MR) is 96.5 cm³/mol. The Kier molecular flexibility index (Phi) is 2.50. The van der Waals surface area contributed by atoms with Gasteiger partial charge in [0.2, 0.25) is 0 Å². The Morgan fingerprint density at radius 3 is 1.83 bits per heavy atom. The summed E-state index contributed by atoms with van der Waals surface area (Å²) in [4.78, 5) is 0. The molecule has 23 heavy (non-hydrogen) atoms. The lowest BCUT2D eigenvalue weighted by Crippen LogP contribution is -2.29. The lowest BCUT2D eigenvalue weighted by Gasteiger charge is -2.34. The van der Waals surface area contributed by atoms with E-state index < -0.39 is 0 Å². The van der Waals surface area contributed by atoms with E-state index in [0.29, 0.717) is 0 Å². The minimum Gasteiger partial charge on any atom is -0.0657 e. The van der Waals surface area contributed by atoms with Crippen LogP contribution in [-0.4, -0.2) is 0 Å². The SMILES string of the molecule is CC1=CC2(Cc3ccccc31)c1ccccc1-c1ccccc12. The van der Waals surface area contributed by atoms with E-state index in [-0.39, 0.29) is 5.41 Å². The fourth-order valence-corrected chi connectivity index (χ4v) is 4.56. The average molecular weight is 294 g/mol. The van der Waals surface area contributed by atoms with Crippen LogP contribution in [0.2, 0.25) is 0 Å². The minimum atomic E-state index is -0.00831. The maximum atomic E-state index is 2.50. The maximum Gasteiger partial charge on any atom is 0.0440 e. The fourth-order valence-electron chi connectivity index (χ4n) is 4.56. The van der Waals surface area contributed by atoms with Crippen molar-refractivity contribution in [1.82, 2.24) is 0 Å². The molecule has 3 aromatic rings. The van der Waals surface area contributed by atoms with Gasteiger partial charge in [-0.3, -0.25) is 0 Å². The Balaban J connectivity index is 1.86. The number of hydrogen-bond acceptors (Lipinski definition) is 0. The average Bonchev–Trinajstić information content (AvgIpc) is 2.86. The monoisotopic (exact) mass is 294 g/mol. The van der Waals surface area contributed by atoms with Gasteiger partial charge in [-0.15, -0.1) is 0 Å². The van der Waals surface area contributed by atoms with Crippen LogP contribution >= 0.6 is 0 Å². The summed E-state index contributed by atoms with van der Waals surface area (Å²) in [5, 5.41) is 0. The second kappa shape index (κ2) is 4.45. The van der Waals surface area contributed by atoms with Crippen molar-refractivity contribution in [2.24, 2.45) is 0 Å². The maximum absolute atomic E-state index is 2.50. The summed E-state index contributed by atoms with van der Waals surface area (Å²) in [7, 11) is 0. The molecule has 0 fully saturated rings. The summed E-state index contributed by atoms with van der Waals surface area (Å²) >= 11 is 0. The standard InChI is InChI=1S/C23H18/c1-16-14-23(15-17-8-2-3-9-18(16)17)21-12-6-4-10-19(21)20-11-5-7-13-22(20)23/h2-14H,15H2,1H3. The summed E-state index contributed by atoms with van der Waals surface area (Å²) in [5.74, 6) is 0. The van der Waals surface area contributed by atoms with E-state index in [4.69, 9.17) is 0 Å². The molecule has 0 radical (unpaired) electrons. The molecule has 0 aromatic heterocycles. The molecule has 5 rings (SSSR count). The van der Waals surface area contributed by atoms with Crippen LogP contribution in [0, 0.1) is 0 Å². The van der Waals surface area contributed by atoms with Crippen LogP contribution in [0.1, 0.15) is 29.2 Å². The molecule has 0 atom stereocenters. The van der Waals surface area contributed by atoms with Gasteiger partial charge in [-0.2, -0.15) is 0 Å².